The van der Waals surface area contributed by atoms with E-state index in [-0.39, 0.29) is 11.6 Å². The van der Waals surface area contributed by atoms with Crippen LogP contribution in [0.1, 0.15) is 12.5 Å². The van der Waals surface area contributed by atoms with Gasteiger partial charge < -0.3 is 10.1 Å². The maximum atomic E-state index is 14.2. The first-order valence-electron chi connectivity index (χ1n) is 6.74. The third-order valence-electron chi connectivity index (χ3n) is 3.48. The van der Waals surface area contributed by atoms with Crippen molar-refractivity contribution in [3.8, 4) is 16.9 Å². The van der Waals surface area contributed by atoms with E-state index in [1.54, 1.807) is 18.2 Å². The Morgan fingerprint density at radius 1 is 1.15 bits per heavy atom. The zero-order valence-electron chi connectivity index (χ0n) is 12.1. The molecule has 0 spiro atoms. The minimum atomic E-state index is -0.314. The zero-order chi connectivity index (χ0) is 14.5. The Balaban J connectivity index is 2.26. The monoisotopic (exact) mass is 273 g/mol. The van der Waals surface area contributed by atoms with Crippen LogP contribution in [0.5, 0.6) is 5.75 Å². The summed E-state index contributed by atoms with van der Waals surface area (Å²) >= 11 is 0. The molecule has 2 aromatic carbocycles. The number of benzene rings is 2. The van der Waals surface area contributed by atoms with E-state index in [4.69, 9.17) is 4.74 Å². The summed E-state index contributed by atoms with van der Waals surface area (Å²) in [6.07, 6.45) is 0.956. The van der Waals surface area contributed by atoms with Gasteiger partial charge in [0.25, 0.3) is 0 Å². The summed E-state index contributed by atoms with van der Waals surface area (Å²) in [5.41, 5.74) is 2.67. The van der Waals surface area contributed by atoms with Crippen LogP contribution in [0.15, 0.2) is 42.5 Å². The summed E-state index contributed by atoms with van der Waals surface area (Å²) in [6, 6.07) is 13.6. The number of hydrogen-bond acceptors (Lipinski definition) is 2. The van der Waals surface area contributed by atoms with E-state index in [9.17, 15) is 4.39 Å². The molecule has 106 valence electrons. The van der Waals surface area contributed by atoms with E-state index >= 15 is 0 Å². The Hall–Kier alpha value is -1.87. The molecule has 1 N–H and O–H groups in total. The third-order valence-corrected chi connectivity index (χ3v) is 3.48. The Kier molecular flexibility index (Phi) is 4.74. The normalized spacial score (nSPS) is 12.2. The van der Waals surface area contributed by atoms with Crippen molar-refractivity contribution >= 4 is 0 Å². The SMILES string of the molecule is CNC(C)Cc1ccc(-c2cccc(OC)c2F)cc1. The van der Waals surface area contributed by atoms with Gasteiger partial charge in [-0.15, -0.1) is 0 Å². The van der Waals surface area contributed by atoms with Crippen molar-refractivity contribution < 1.29 is 9.13 Å². The molecule has 1 atom stereocenters. The molecule has 0 fully saturated rings. The second-order valence-corrected chi connectivity index (χ2v) is 4.91. The van der Waals surface area contributed by atoms with Crippen LogP contribution in [0.2, 0.25) is 0 Å². The van der Waals surface area contributed by atoms with Crippen molar-refractivity contribution in [1.29, 1.82) is 0 Å². The molecule has 0 saturated heterocycles. The highest BCUT2D eigenvalue weighted by Crippen LogP contribution is 2.29. The molecule has 3 heteroatoms. The lowest BCUT2D eigenvalue weighted by Crippen LogP contribution is -2.23. The molecule has 0 radical (unpaired) electrons. The van der Waals surface area contributed by atoms with E-state index in [2.05, 4.69) is 12.2 Å². The van der Waals surface area contributed by atoms with E-state index in [1.807, 2.05) is 31.3 Å². The smallest absolute Gasteiger partial charge is 0.172 e. The van der Waals surface area contributed by atoms with Gasteiger partial charge in [0.15, 0.2) is 11.6 Å². The van der Waals surface area contributed by atoms with Gasteiger partial charge in [-0.2, -0.15) is 0 Å². The zero-order valence-corrected chi connectivity index (χ0v) is 12.1. The first-order valence-corrected chi connectivity index (χ1v) is 6.74. The summed E-state index contributed by atoms with van der Waals surface area (Å²) in [5, 5.41) is 3.21. The summed E-state index contributed by atoms with van der Waals surface area (Å²) in [7, 11) is 3.43. The number of hydrogen-bond donors (Lipinski definition) is 1. The maximum absolute atomic E-state index is 14.2. The van der Waals surface area contributed by atoms with Crippen LogP contribution in [-0.4, -0.2) is 20.2 Å². The quantitative estimate of drug-likeness (QED) is 0.897. The van der Waals surface area contributed by atoms with Crippen molar-refractivity contribution in [1.82, 2.24) is 5.32 Å². The second-order valence-electron chi connectivity index (χ2n) is 4.91. The van der Waals surface area contributed by atoms with Gasteiger partial charge in [-0.25, -0.2) is 4.39 Å². The number of ether oxygens (including phenoxy) is 1. The molecule has 0 bridgehead atoms. The highest BCUT2D eigenvalue weighted by atomic mass is 19.1. The molecule has 2 rings (SSSR count). The molecule has 1 unspecified atom stereocenters. The Morgan fingerprint density at radius 3 is 2.45 bits per heavy atom. The minimum absolute atomic E-state index is 0.274. The van der Waals surface area contributed by atoms with E-state index < -0.39 is 0 Å². The molecule has 0 aliphatic rings. The van der Waals surface area contributed by atoms with Crippen molar-refractivity contribution in [2.24, 2.45) is 0 Å². The lowest BCUT2D eigenvalue weighted by atomic mass is 10.0. The Labute approximate surface area is 119 Å². The molecular weight excluding hydrogens is 253 g/mol. The van der Waals surface area contributed by atoms with E-state index in [0.29, 0.717) is 11.6 Å². The molecule has 0 aliphatic carbocycles. The number of rotatable bonds is 5. The topological polar surface area (TPSA) is 21.3 Å². The predicted octanol–water partition coefficient (Wildman–Crippen LogP) is 3.65. The lowest BCUT2D eigenvalue weighted by molar-refractivity contribution is 0.387. The van der Waals surface area contributed by atoms with Crippen molar-refractivity contribution in [2.45, 2.75) is 19.4 Å². The predicted molar refractivity (Wildman–Crippen MR) is 80.6 cm³/mol. The van der Waals surface area contributed by atoms with Gasteiger partial charge in [0.05, 0.1) is 7.11 Å². The summed E-state index contributed by atoms with van der Waals surface area (Å²) in [4.78, 5) is 0. The molecule has 0 aromatic heterocycles. The first-order chi connectivity index (χ1) is 9.65. The molecule has 0 saturated carbocycles. The van der Waals surface area contributed by atoms with Crippen LogP contribution in [0.3, 0.4) is 0 Å². The van der Waals surface area contributed by atoms with Crippen molar-refractivity contribution in [2.75, 3.05) is 14.2 Å². The third kappa shape index (κ3) is 3.17. The van der Waals surface area contributed by atoms with Crippen LogP contribution >= 0.6 is 0 Å². The van der Waals surface area contributed by atoms with Crippen LogP contribution in [-0.2, 0) is 6.42 Å². The van der Waals surface area contributed by atoms with Gasteiger partial charge in [-0.05, 0) is 37.6 Å². The number of nitrogens with one attached hydrogen (secondary N) is 1. The maximum Gasteiger partial charge on any atom is 0.172 e. The van der Waals surface area contributed by atoms with Crippen LogP contribution < -0.4 is 10.1 Å². The van der Waals surface area contributed by atoms with Crippen LogP contribution in [0.4, 0.5) is 4.39 Å². The molecule has 0 amide bonds. The number of likely N-dealkylation sites (N-methyl/N-ethyl adjacent to an activating group) is 1. The molecular formula is C17H20FNO. The molecule has 2 aromatic rings. The standard InChI is InChI=1S/C17H20FNO/c1-12(19-2)11-13-7-9-14(10-8-13)15-5-4-6-16(20-3)17(15)18/h4-10,12,19H,11H2,1-3H3. The summed E-state index contributed by atoms with van der Waals surface area (Å²) < 4.78 is 19.2. The molecule has 0 heterocycles. The van der Waals surface area contributed by atoms with Gasteiger partial charge in [0.2, 0.25) is 0 Å². The summed E-state index contributed by atoms with van der Waals surface area (Å²) in [6.45, 7) is 2.13. The summed E-state index contributed by atoms with van der Waals surface area (Å²) in [5.74, 6) is -0.0401. The van der Waals surface area contributed by atoms with Crippen LogP contribution in [0, 0.1) is 5.82 Å². The van der Waals surface area contributed by atoms with Crippen molar-refractivity contribution in [3.05, 3.63) is 53.8 Å². The fraction of sp³-hybridized carbons (Fsp3) is 0.294. The largest absolute Gasteiger partial charge is 0.494 e. The average molecular weight is 273 g/mol. The average Bonchev–Trinajstić information content (AvgIpc) is 2.48. The minimum Gasteiger partial charge on any atom is -0.494 e. The highest BCUT2D eigenvalue weighted by Gasteiger charge is 2.10. The van der Waals surface area contributed by atoms with E-state index in [1.165, 1.54) is 12.7 Å². The van der Waals surface area contributed by atoms with E-state index in [0.717, 1.165) is 12.0 Å². The first kappa shape index (κ1) is 14.5. The second kappa shape index (κ2) is 6.53. The van der Waals surface area contributed by atoms with Crippen molar-refractivity contribution in [3.63, 3.8) is 0 Å². The highest BCUT2D eigenvalue weighted by molar-refractivity contribution is 5.66. The molecule has 2 nitrogen and oxygen atoms in total. The van der Waals surface area contributed by atoms with Gasteiger partial charge >= 0.3 is 0 Å². The van der Waals surface area contributed by atoms with Gasteiger partial charge in [0, 0.05) is 11.6 Å². The van der Waals surface area contributed by atoms with Gasteiger partial charge in [-0.1, -0.05) is 36.4 Å². The fourth-order valence-corrected chi connectivity index (χ4v) is 2.17. The van der Waals surface area contributed by atoms with Gasteiger partial charge in [0.1, 0.15) is 0 Å². The molecule has 0 aliphatic heterocycles. The lowest BCUT2D eigenvalue weighted by Gasteiger charge is -2.11. The van der Waals surface area contributed by atoms with Crippen LogP contribution in [0.25, 0.3) is 11.1 Å². The van der Waals surface area contributed by atoms with Gasteiger partial charge in [-0.3, -0.25) is 0 Å². The fourth-order valence-electron chi connectivity index (χ4n) is 2.17. The Morgan fingerprint density at radius 2 is 1.85 bits per heavy atom. The number of halogens is 1. The number of methoxy groups -OCH3 is 1. The Bertz CT molecular complexity index is 566. The molecule has 20 heavy (non-hydrogen) atoms.